The van der Waals surface area contributed by atoms with Crippen LogP contribution in [0.15, 0.2) is 42.5 Å². The number of ether oxygens (including phenoxy) is 1. The lowest BCUT2D eigenvalue weighted by atomic mass is 10.2. The second-order valence-electron chi connectivity index (χ2n) is 5.74. The van der Waals surface area contributed by atoms with E-state index in [2.05, 4.69) is 5.32 Å². The molecular formula is C19H21Cl2NO2S. The number of hydrogen-bond acceptors (Lipinski definition) is 3. The summed E-state index contributed by atoms with van der Waals surface area (Å²) in [6.07, 6.45) is 0. The van der Waals surface area contributed by atoms with Crippen LogP contribution < -0.4 is 10.1 Å². The number of carbonyl (C=O) groups is 1. The molecule has 0 aromatic heterocycles. The van der Waals surface area contributed by atoms with E-state index in [0.717, 1.165) is 16.9 Å². The monoisotopic (exact) mass is 397 g/mol. The highest BCUT2D eigenvalue weighted by Crippen LogP contribution is 2.28. The highest BCUT2D eigenvalue weighted by Gasteiger charge is 2.11. The standard InChI is InChI=1S/C19H21Cl2NO2S/c1-13-6-3-4-9-18(13)24-10-14(2)22-19(23)12-25-11-15-16(20)7-5-8-17(15)21/h3-9,14H,10-12H2,1-2H3,(H,22,23). The minimum Gasteiger partial charge on any atom is -0.491 e. The average Bonchev–Trinajstić information content (AvgIpc) is 2.57. The van der Waals surface area contributed by atoms with E-state index in [0.29, 0.717) is 28.2 Å². The van der Waals surface area contributed by atoms with Gasteiger partial charge >= 0.3 is 0 Å². The zero-order chi connectivity index (χ0) is 18.2. The van der Waals surface area contributed by atoms with E-state index in [1.807, 2.05) is 44.2 Å². The molecule has 2 rings (SSSR count). The van der Waals surface area contributed by atoms with Crippen LogP contribution in [-0.2, 0) is 10.5 Å². The van der Waals surface area contributed by atoms with Crippen molar-refractivity contribution in [2.24, 2.45) is 0 Å². The summed E-state index contributed by atoms with van der Waals surface area (Å²) in [5.41, 5.74) is 1.94. The topological polar surface area (TPSA) is 38.3 Å². The molecule has 0 aliphatic carbocycles. The van der Waals surface area contributed by atoms with Crippen molar-refractivity contribution < 1.29 is 9.53 Å². The van der Waals surface area contributed by atoms with E-state index in [1.165, 1.54) is 11.8 Å². The highest BCUT2D eigenvalue weighted by molar-refractivity contribution is 7.99. The Balaban J connectivity index is 1.72. The van der Waals surface area contributed by atoms with Crippen LogP contribution in [0.4, 0.5) is 0 Å². The lowest BCUT2D eigenvalue weighted by Crippen LogP contribution is -2.37. The van der Waals surface area contributed by atoms with E-state index in [9.17, 15) is 4.79 Å². The van der Waals surface area contributed by atoms with Crippen LogP contribution in [0, 0.1) is 6.92 Å². The van der Waals surface area contributed by atoms with Crippen molar-refractivity contribution in [3.8, 4) is 5.75 Å². The maximum Gasteiger partial charge on any atom is 0.230 e. The van der Waals surface area contributed by atoms with E-state index >= 15 is 0 Å². The predicted octanol–water partition coefficient (Wildman–Crippen LogP) is 5.12. The van der Waals surface area contributed by atoms with Crippen LogP contribution in [0.2, 0.25) is 10.0 Å². The van der Waals surface area contributed by atoms with Gasteiger partial charge in [0.05, 0.1) is 11.8 Å². The molecule has 0 saturated carbocycles. The van der Waals surface area contributed by atoms with Crippen molar-refractivity contribution in [1.82, 2.24) is 5.32 Å². The Morgan fingerprint density at radius 1 is 1.16 bits per heavy atom. The molecule has 1 amide bonds. The van der Waals surface area contributed by atoms with E-state index in [1.54, 1.807) is 12.1 Å². The Morgan fingerprint density at radius 3 is 2.52 bits per heavy atom. The molecule has 2 aromatic rings. The van der Waals surface area contributed by atoms with Crippen molar-refractivity contribution >= 4 is 40.9 Å². The molecule has 6 heteroatoms. The number of para-hydroxylation sites is 1. The first-order chi connectivity index (χ1) is 12.0. The summed E-state index contributed by atoms with van der Waals surface area (Å²) in [6, 6.07) is 13.2. The van der Waals surface area contributed by atoms with Crippen LogP contribution in [-0.4, -0.2) is 24.3 Å². The lowest BCUT2D eigenvalue weighted by molar-refractivity contribution is -0.119. The van der Waals surface area contributed by atoms with Crippen LogP contribution in [0.5, 0.6) is 5.75 Å². The minimum atomic E-state index is -0.0726. The van der Waals surface area contributed by atoms with Crippen LogP contribution in [0.1, 0.15) is 18.1 Å². The van der Waals surface area contributed by atoms with Gasteiger partial charge in [0, 0.05) is 15.8 Å². The SMILES string of the molecule is Cc1ccccc1OCC(C)NC(=O)CSCc1c(Cl)cccc1Cl. The molecule has 1 unspecified atom stereocenters. The molecule has 0 aliphatic heterocycles. The van der Waals surface area contributed by atoms with Gasteiger partial charge in [0.25, 0.3) is 0 Å². The highest BCUT2D eigenvalue weighted by atomic mass is 35.5. The average molecular weight is 398 g/mol. The molecule has 0 heterocycles. The fourth-order valence-corrected chi connectivity index (χ4v) is 3.78. The number of rotatable bonds is 8. The smallest absolute Gasteiger partial charge is 0.230 e. The Morgan fingerprint density at radius 2 is 1.84 bits per heavy atom. The first-order valence-electron chi connectivity index (χ1n) is 7.95. The number of carbonyl (C=O) groups excluding carboxylic acids is 1. The predicted molar refractivity (Wildman–Crippen MR) is 107 cm³/mol. The number of nitrogens with one attached hydrogen (secondary N) is 1. The second kappa shape index (κ2) is 9.95. The van der Waals surface area contributed by atoms with Gasteiger partial charge < -0.3 is 10.1 Å². The van der Waals surface area contributed by atoms with Gasteiger partial charge in [-0.05, 0) is 43.2 Å². The van der Waals surface area contributed by atoms with Crippen LogP contribution in [0.3, 0.4) is 0 Å². The molecule has 1 N–H and O–H groups in total. The minimum absolute atomic E-state index is 0.0333. The van der Waals surface area contributed by atoms with Gasteiger partial charge in [-0.15, -0.1) is 11.8 Å². The first-order valence-corrected chi connectivity index (χ1v) is 9.87. The number of thioether (sulfide) groups is 1. The summed E-state index contributed by atoms with van der Waals surface area (Å²) in [6.45, 7) is 4.35. The molecule has 0 bridgehead atoms. The third-order valence-corrected chi connectivity index (χ3v) is 5.20. The fraction of sp³-hybridized carbons (Fsp3) is 0.316. The molecule has 3 nitrogen and oxygen atoms in total. The molecule has 0 radical (unpaired) electrons. The molecule has 0 fully saturated rings. The molecule has 25 heavy (non-hydrogen) atoms. The van der Waals surface area contributed by atoms with Crippen molar-refractivity contribution in [2.75, 3.05) is 12.4 Å². The van der Waals surface area contributed by atoms with Crippen molar-refractivity contribution in [2.45, 2.75) is 25.6 Å². The third-order valence-electron chi connectivity index (χ3n) is 3.53. The van der Waals surface area contributed by atoms with Crippen LogP contribution >= 0.6 is 35.0 Å². The molecule has 0 spiro atoms. The van der Waals surface area contributed by atoms with Gasteiger partial charge in [-0.3, -0.25) is 4.79 Å². The summed E-state index contributed by atoms with van der Waals surface area (Å²) in [5, 5.41) is 4.19. The summed E-state index contributed by atoms with van der Waals surface area (Å²) in [4.78, 5) is 12.0. The van der Waals surface area contributed by atoms with Gasteiger partial charge in [0.1, 0.15) is 12.4 Å². The fourth-order valence-electron chi connectivity index (χ4n) is 2.21. The molecule has 0 aliphatic rings. The van der Waals surface area contributed by atoms with Gasteiger partial charge in [-0.1, -0.05) is 47.5 Å². The van der Waals surface area contributed by atoms with E-state index in [4.69, 9.17) is 27.9 Å². The molecule has 134 valence electrons. The van der Waals surface area contributed by atoms with Crippen molar-refractivity contribution in [3.63, 3.8) is 0 Å². The lowest BCUT2D eigenvalue weighted by Gasteiger charge is -2.16. The second-order valence-corrected chi connectivity index (χ2v) is 7.54. The zero-order valence-corrected chi connectivity index (χ0v) is 16.5. The normalized spacial score (nSPS) is 11.8. The Kier molecular flexibility index (Phi) is 7.94. The Labute approximate surface area is 163 Å². The Hall–Kier alpha value is -1.36. The van der Waals surface area contributed by atoms with Crippen molar-refractivity contribution in [1.29, 1.82) is 0 Å². The van der Waals surface area contributed by atoms with E-state index in [-0.39, 0.29) is 11.9 Å². The summed E-state index contributed by atoms with van der Waals surface area (Å²) < 4.78 is 5.75. The van der Waals surface area contributed by atoms with Crippen molar-refractivity contribution in [3.05, 3.63) is 63.6 Å². The summed E-state index contributed by atoms with van der Waals surface area (Å²) in [7, 11) is 0. The summed E-state index contributed by atoms with van der Waals surface area (Å²) in [5.74, 6) is 1.75. The molecule has 0 saturated heterocycles. The molecule has 2 aromatic carbocycles. The maximum absolute atomic E-state index is 12.0. The van der Waals surface area contributed by atoms with Crippen LogP contribution in [0.25, 0.3) is 0 Å². The van der Waals surface area contributed by atoms with Gasteiger partial charge in [-0.2, -0.15) is 0 Å². The third kappa shape index (κ3) is 6.46. The molecular weight excluding hydrogens is 377 g/mol. The number of hydrogen-bond donors (Lipinski definition) is 1. The van der Waals surface area contributed by atoms with Gasteiger partial charge in [0.15, 0.2) is 0 Å². The van der Waals surface area contributed by atoms with Gasteiger partial charge in [0.2, 0.25) is 5.91 Å². The summed E-state index contributed by atoms with van der Waals surface area (Å²) >= 11 is 13.7. The zero-order valence-electron chi connectivity index (χ0n) is 14.2. The maximum atomic E-state index is 12.0. The largest absolute Gasteiger partial charge is 0.491 e. The number of aryl methyl sites for hydroxylation is 1. The number of halogens is 2. The van der Waals surface area contributed by atoms with E-state index < -0.39 is 0 Å². The molecule has 1 atom stereocenters. The Bertz CT molecular complexity index is 704. The number of benzene rings is 2. The number of amides is 1. The first kappa shape index (κ1) is 20.0. The quantitative estimate of drug-likeness (QED) is 0.671. The van der Waals surface area contributed by atoms with Gasteiger partial charge in [-0.25, -0.2) is 0 Å².